The van der Waals surface area contributed by atoms with E-state index in [4.69, 9.17) is 0 Å². The van der Waals surface area contributed by atoms with Gasteiger partial charge in [-0.1, -0.05) is 13.8 Å². The van der Waals surface area contributed by atoms with Crippen LogP contribution in [0.5, 0.6) is 0 Å². The zero-order valence-electron chi connectivity index (χ0n) is 14.4. The molecule has 2 aromatic heterocycles. The minimum absolute atomic E-state index is 0.262. The molecule has 3 heterocycles. The number of aryl methyl sites for hydroxylation is 1. The van der Waals surface area contributed by atoms with Crippen LogP contribution in [0, 0.1) is 6.92 Å². The lowest BCUT2D eigenvalue weighted by atomic mass is 10.2. The summed E-state index contributed by atoms with van der Waals surface area (Å²) in [4.78, 5) is 11.3. The summed E-state index contributed by atoms with van der Waals surface area (Å²) in [6.45, 7) is 8.27. The maximum atomic E-state index is 12.7. The molecule has 0 aliphatic carbocycles. The van der Waals surface area contributed by atoms with Gasteiger partial charge >= 0.3 is 0 Å². The molecule has 0 aromatic carbocycles. The molecule has 2 aromatic rings. The summed E-state index contributed by atoms with van der Waals surface area (Å²) < 4.78 is 28.2. The Labute approximate surface area is 161 Å². The Morgan fingerprint density at radius 2 is 1.84 bits per heavy atom. The fraction of sp³-hybridized carbons (Fsp3) is 0.500. The van der Waals surface area contributed by atoms with E-state index in [9.17, 15) is 8.42 Å². The number of nitrogens with zero attached hydrogens (tertiary/aromatic N) is 4. The van der Waals surface area contributed by atoms with Crippen molar-refractivity contribution in [1.82, 2.24) is 14.3 Å². The number of hydrogen-bond donors (Lipinski definition) is 0. The molecule has 1 saturated heterocycles. The highest BCUT2D eigenvalue weighted by molar-refractivity contribution is 9.11. The molecule has 0 bridgehead atoms. The molecule has 0 amide bonds. The van der Waals surface area contributed by atoms with Crippen LogP contribution in [0.3, 0.4) is 0 Å². The van der Waals surface area contributed by atoms with E-state index >= 15 is 0 Å². The van der Waals surface area contributed by atoms with Gasteiger partial charge < -0.3 is 4.90 Å². The molecule has 25 heavy (non-hydrogen) atoms. The fourth-order valence-electron chi connectivity index (χ4n) is 2.72. The monoisotopic (exact) mass is 444 g/mol. The first-order chi connectivity index (χ1) is 11.8. The van der Waals surface area contributed by atoms with Crippen molar-refractivity contribution in [2.45, 2.75) is 30.9 Å². The highest BCUT2D eigenvalue weighted by atomic mass is 79.9. The molecule has 0 spiro atoms. The summed E-state index contributed by atoms with van der Waals surface area (Å²) in [6, 6.07) is 5.39. The molecule has 6 nitrogen and oxygen atoms in total. The molecule has 0 unspecified atom stereocenters. The lowest BCUT2D eigenvalue weighted by Crippen LogP contribution is -2.48. The average Bonchev–Trinajstić information content (AvgIpc) is 3.01. The van der Waals surface area contributed by atoms with Crippen molar-refractivity contribution in [1.29, 1.82) is 0 Å². The summed E-state index contributed by atoms with van der Waals surface area (Å²) >= 11 is 4.57. The number of sulfonamides is 1. The van der Waals surface area contributed by atoms with Crippen LogP contribution in [0.15, 0.2) is 26.2 Å². The van der Waals surface area contributed by atoms with Crippen molar-refractivity contribution >= 4 is 43.1 Å². The summed E-state index contributed by atoms with van der Waals surface area (Å²) in [5, 5.41) is 0. The first kappa shape index (κ1) is 18.8. The molecule has 136 valence electrons. The summed E-state index contributed by atoms with van der Waals surface area (Å²) in [5.41, 5.74) is 0.937. The van der Waals surface area contributed by atoms with Crippen molar-refractivity contribution in [3.8, 4) is 0 Å². The number of halogens is 1. The van der Waals surface area contributed by atoms with Gasteiger partial charge in [-0.3, -0.25) is 0 Å². The van der Waals surface area contributed by atoms with Gasteiger partial charge in [0.1, 0.15) is 15.9 Å². The molecule has 1 aliphatic heterocycles. The summed E-state index contributed by atoms with van der Waals surface area (Å²) in [7, 11) is -3.41. The largest absolute Gasteiger partial charge is 0.354 e. The van der Waals surface area contributed by atoms with E-state index in [-0.39, 0.29) is 5.92 Å². The van der Waals surface area contributed by atoms with Gasteiger partial charge in [-0.2, -0.15) is 4.31 Å². The van der Waals surface area contributed by atoms with E-state index in [2.05, 4.69) is 44.6 Å². The molecule has 0 N–H and O–H groups in total. The third-order valence-electron chi connectivity index (χ3n) is 4.08. The maximum Gasteiger partial charge on any atom is 0.252 e. The van der Waals surface area contributed by atoms with Gasteiger partial charge in [-0.15, -0.1) is 11.3 Å². The Morgan fingerprint density at radius 1 is 1.16 bits per heavy atom. The maximum absolute atomic E-state index is 12.7. The van der Waals surface area contributed by atoms with E-state index in [1.165, 1.54) is 11.3 Å². The number of aromatic nitrogens is 2. The van der Waals surface area contributed by atoms with Crippen molar-refractivity contribution in [3.63, 3.8) is 0 Å². The predicted octanol–water partition coefficient (Wildman–Crippen LogP) is 3.24. The Balaban J connectivity index is 1.74. The van der Waals surface area contributed by atoms with Gasteiger partial charge in [0.2, 0.25) is 0 Å². The Bertz CT molecular complexity index is 859. The van der Waals surface area contributed by atoms with Crippen molar-refractivity contribution in [3.05, 3.63) is 33.5 Å². The minimum atomic E-state index is -3.41. The fourth-order valence-corrected chi connectivity index (χ4v) is 6.30. The van der Waals surface area contributed by atoms with E-state index in [0.717, 1.165) is 21.1 Å². The van der Waals surface area contributed by atoms with Crippen LogP contribution >= 0.6 is 27.3 Å². The second-order valence-corrected chi connectivity index (χ2v) is 11.0. The molecule has 3 rings (SSSR count). The lowest BCUT2D eigenvalue weighted by Gasteiger charge is -2.34. The van der Waals surface area contributed by atoms with Gasteiger partial charge in [-0.05, 0) is 35.0 Å². The third kappa shape index (κ3) is 4.05. The molecule has 0 atom stereocenters. The zero-order chi connectivity index (χ0) is 18.2. The molecule has 1 aliphatic rings. The summed E-state index contributed by atoms with van der Waals surface area (Å²) in [6.07, 6.45) is 0. The normalized spacial score (nSPS) is 16.6. The third-order valence-corrected chi connectivity index (χ3v) is 8.07. The number of hydrogen-bond acceptors (Lipinski definition) is 6. The van der Waals surface area contributed by atoms with Crippen molar-refractivity contribution in [2.24, 2.45) is 0 Å². The number of piperazine rings is 1. The Hall–Kier alpha value is -1.03. The Morgan fingerprint density at radius 3 is 2.40 bits per heavy atom. The van der Waals surface area contributed by atoms with Crippen LogP contribution in [0.4, 0.5) is 5.82 Å². The number of rotatable bonds is 4. The molecule has 1 fully saturated rings. The van der Waals surface area contributed by atoms with E-state index < -0.39 is 10.0 Å². The minimum Gasteiger partial charge on any atom is -0.354 e. The zero-order valence-corrected chi connectivity index (χ0v) is 17.7. The van der Waals surface area contributed by atoms with Crippen LogP contribution in [-0.2, 0) is 10.0 Å². The standard InChI is InChI=1S/C16H21BrN4O2S2/c1-11(2)16-18-12(3)10-14(19-16)20-6-8-21(9-7-20)25(22,23)15-5-4-13(17)24-15/h4-5,10-11H,6-9H2,1-3H3. The lowest BCUT2D eigenvalue weighted by molar-refractivity contribution is 0.384. The van der Waals surface area contributed by atoms with Crippen LogP contribution in [0.2, 0.25) is 0 Å². The molecular weight excluding hydrogens is 424 g/mol. The first-order valence-corrected chi connectivity index (χ1v) is 11.2. The van der Waals surface area contributed by atoms with Crippen LogP contribution in [0.1, 0.15) is 31.3 Å². The summed E-state index contributed by atoms with van der Waals surface area (Å²) in [5.74, 6) is 1.97. The van der Waals surface area contributed by atoms with E-state index in [1.807, 2.05) is 13.0 Å². The number of anilines is 1. The second kappa shape index (κ2) is 7.30. The van der Waals surface area contributed by atoms with Gasteiger partial charge in [0.15, 0.2) is 0 Å². The van der Waals surface area contributed by atoms with Gasteiger partial charge in [-0.25, -0.2) is 18.4 Å². The second-order valence-electron chi connectivity index (χ2n) is 6.33. The molecule has 0 saturated carbocycles. The van der Waals surface area contributed by atoms with E-state index in [1.54, 1.807) is 16.4 Å². The highest BCUT2D eigenvalue weighted by Crippen LogP contribution is 2.29. The number of thiophene rings is 1. The first-order valence-electron chi connectivity index (χ1n) is 8.13. The predicted molar refractivity (Wildman–Crippen MR) is 104 cm³/mol. The quantitative estimate of drug-likeness (QED) is 0.723. The highest BCUT2D eigenvalue weighted by Gasteiger charge is 2.30. The Kier molecular flexibility index (Phi) is 5.48. The smallest absolute Gasteiger partial charge is 0.252 e. The average molecular weight is 445 g/mol. The van der Waals surface area contributed by atoms with Gasteiger partial charge in [0, 0.05) is 43.9 Å². The van der Waals surface area contributed by atoms with Gasteiger partial charge in [0.25, 0.3) is 10.0 Å². The SMILES string of the molecule is Cc1cc(N2CCN(S(=O)(=O)c3ccc(Br)s3)CC2)nc(C(C)C)n1. The van der Waals surface area contributed by atoms with E-state index in [0.29, 0.717) is 30.4 Å². The molecule has 9 heteroatoms. The van der Waals surface area contributed by atoms with Crippen molar-refractivity contribution in [2.75, 3.05) is 31.1 Å². The van der Waals surface area contributed by atoms with Crippen molar-refractivity contribution < 1.29 is 8.42 Å². The topological polar surface area (TPSA) is 66.4 Å². The van der Waals surface area contributed by atoms with Gasteiger partial charge in [0.05, 0.1) is 3.79 Å². The van der Waals surface area contributed by atoms with Crippen LogP contribution < -0.4 is 4.90 Å². The molecule has 0 radical (unpaired) electrons. The van der Waals surface area contributed by atoms with Crippen LogP contribution in [-0.4, -0.2) is 48.9 Å². The molecular formula is C16H21BrN4O2S2. The van der Waals surface area contributed by atoms with Crippen LogP contribution in [0.25, 0.3) is 0 Å².